The fourth-order valence-corrected chi connectivity index (χ4v) is 2.81. The lowest BCUT2D eigenvalue weighted by molar-refractivity contribution is -0.134. The Morgan fingerprint density at radius 3 is 2.42 bits per heavy atom. The van der Waals surface area contributed by atoms with Crippen molar-refractivity contribution in [1.29, 1.82) is 5.26 Å². The van der Waals surface area contributed by atoms with Gasteiger partial charge in [-0.05, 0) is 0 Å². The Balaban J connectivity index is 0.000000660. The molecule has 0 amide bonds. The minimum atomic E-state index is -1.26. The van der Waals surface area contributed by atoms with Crippen molar-refractivity contribution >= 4 is 52.0 Å². The van der Waals surface area contributed by atoms with Crippen LogP contribution in [0, 0.1) is 11.5 Å². The Bertz CT molecular complexity index is 717. The zero-order chi connectivity index (χ0) is 19.9. The molecule has 1 heterocycles. The smallest absolute Gasteiger partial charge is 0.328 e. The number of nitrogens with zero attached hydrogens (tertiary/aromatic N) is 4. The lowest BCUT2D eigenvalue weighted by Gasteiger charge is -1.98. The van der Waals surface area contributed by atoms with Gasteiger partial charge in [-0.2, -0.15) is 27.0 Å². The highest BCUT2D eigenvalue weighted by Crippen LogP contribution is 2.21. The van der Waals surface area contributed by atoms with Crippen molar-refractivity contribution in [2.24, 2.45) is 27.2 Å². The van der Waals surface area contributed by atoms with Crippen LogP contribution in [0.4, 0.5) is 5.13 Å². The normalized spacial score (nSPS) is 10.5. The summed E-state index contributed by atoms with van der Waals surface area (Å²) >= 11 is 3.04. The fourth-order valence-electron chi connectivity index (χ4n) is 1.14. The maximum Gasteiger partial charge on any atom is 0.328 e. The van der Waals surface area contributed by atoms with Crippen LogP contribution < -0.4 is 17.2 Å². The summed E-state index contributed by atoms with van der Waals surface area (Å²) in [6, 6.07) is 0. The van der Waals surface area contributed by atoms with Gasteiger partial charge in [0.2, 0.25) is 11.3 Å². The highest BCUT2D eigenvalue weighted by molar-refractivity contribution is 7.98. The van der Waals surface area contributed by atoms with E-state index in [1.54, 1.807) is 18.0 Å². The number of carboxylic acids is 2. The van der Waals surface area contributed by atoms with Crippen molar-refractivity contribution in [3.63, 3.8) is 0 Å². The largest absolute Gasteiger partial charge is 0.478 e. The van der Waals surface area contributed by atoms with E-state index < -0.39 is 11.9 Å². The van der Waals surface area contributed by atoms with Crippen molar-refractivity contribution in [1.82, 2.24) is 4.98 Å². The van der Waals surface area contributed by atoms with Gasteiger partial charge in [-0.3, -0.25) is 0 Å². The van der Waals surface area contributed by atoms with Crippen molar-refractivity contribution in [3.8, 4) is 6.19 Å². The van der Waals surface area contributed by atoms with Crippen molar-refractivity contribution < 1.29 is 19.8 Å². The predicted octanol–water partition coefficient (Wildman–Crippen LogP) is 0.221. The van der Waals surface area contributed by atoms with Gasteiger partial charge >= 0.3 is 11.9 Å². The quantitative estimate of drug-likeness (QED) is 0.132. The molecule has 0 aliphatic carbocycles. The zero-order valence-electron chi connectivity index (χ0n) is 13.4. The Hall–Kier alpha value is -3.11. The molecule has 0 spiro atoms. The van der Waals surface area contributed by atoms with E-state index in [1.807, 2.05) is 5.38 Å². The molecule has 13 heteroatoms. The maximum atomic E-state index is 9.55. The molecule has 0 saturated heterocycles. The number of carbonyl (C=O) groups is 2. The number of carboxylic acid groups (broad SMARTS) is 2. The first-order valence-electron chi connectivity index (χ1n) is 6.71. The van der Waals surface area contributed by atoms with E-state index in [9.17, 15) is 9.59 Å². The molecular formula is C13H17N7O4S2. The van der Waals surface area contributed by atoms with E-state index in [1.165, 1.54) is 11.3 Å². The van der Waals surface area contributed by atoms with Gasteiger partial charge in [-0.15, -0.1) is 11.3 Å². The van der Waals surface area contributed by atoms with Crippen molar-refractivity contribution in [2.75, 3.05) is 5.75 Å². The number of nitriles is 1. The summed E-state index contributed by atoms with van der Waals surface area (Å²) < 4.78 is 0. The number of hydrogen-bond donors (Lipinski definition) is 5. The highest BCUT2D eigenvalue weighted by Gasteiger charge is 2.02. The predicted molar refractivity (Wildman–Crippen MR) is 100 cm³/mol. The zero-order valence-corrected chi connectivity index (χ0v) is 15.0. The van der Waals surface area contributed by atoms with Crippen molar-refractivity contribution in [3.05, 3.63) is 23.2 Å². The molecule has 0 radical (unpaired) electrons. The summed E-state index contributed by atoms with van der Waals surface area (Å²) in [4.78, 5) is 30.6. The lowest BCUT2D eigenvalue weighted by atomic mass is 10.4. The molecule has 11 nitrogen and oxygen atoms in total. The Morgan fingerprint density at radius 2 is 1.92 bits per heavy atom. The third-order valence-corrected chi connectivity index (χ3v) is 3.85. The highest BCUT2D eigenvalue weighted by atomic mass is 32.2. The van der Waals surface area contributed by atoms with Crippen LogP contribution in [0.3, 0.4) is 0 Å². The summed E-state index contributed by atoms with van der Waals surface area (Å²) in [6.45, 7) is 0. The van der Waals surface area contributed by atoms with Crippen LogP contribution in [0.15, 0.2) is 27.5 Å². The number of thioether (sulfide) groups is 1. The molecule has 0 unspecified atom stereocenters. The van der Waals surface area contributed by atoms with Gasteiger partial charge in [0.1, 0.15) is 5.84 Å². The summed E-state index contributed by atoms with van der Waals surface area (Å²) in [5, 5.41) is 26.4. The number of aliphatic imine (C=N–C) groups is 2. The van der Waals surface area contributed by atoms with Gasteiger partial charge in [0.25, 0.3) is 0 Å². The standard InChI is InChI=1S/C9H13N7S2.C4H4O4/c10-5-14-7(11)1-2-17-3-6-4-18-9(15-6)16-8(12)13;5-3(6)1-2-4(7)8/h4H,1-3H2,(H2,11,14)(H4,12,13,15,16);1-2H,(H,5,6)(H,7,8)/b;2-1-. The first kappa shape index (κ1) is 22.9. The monoisotopic (exact) mass is 399 g/mol. The van der Waals surface area contributed by atoms with E-state index in [0.717, 1.165) is 17.2 Å². The number of amidine groups is 1. The third-order valence-electron chi connectivity index (χ3n) is 2.08. The molecule has 0 aromatic carbocycles. The molecule has 26 heavy (non-hydrogen) atoms. The van der Waals surface area contributed by atoms with E-state index in [0.29, 0.717) is 29.5 Å². The molecule has 0 saturated carbocycles. The van der Waals surface area contributed by atoms with Crippen LogP contribution in [0.1, 0.15) is 12.1 Å². The van der Waals surface area contributed by atoms with Crippen LogP contribution in [-0.4, -0.2) is 44.7 Å². The van der Waals surface area contributed by atoms with E-state index >= 15 is 0 Å². The van der Waals surface area contributed by atoms with Crippen LogP contribution in [-0.2, 0) is 15.3 Å². The SMILES string of the molecule is N#CN=C(N)CCSCc1csc(N=C(N)N)n1.O=C(O)/C=C\C(=O)O. The first-order chi connectivity index (χ1) is 12.2. The first-order valence-corrected chi connectivity index (χ1v) is 8.74. The van der Waals surface area contributed by atoms with Gasteiger partial charge in [0.15, 0.2) is 5.96 Å². The van der Waals surface area contributed by atoms with E-state index in [2.05, 4.69) is 15.0 Å². The topological polar surface area (TPSA) is 214 Å². The number of guanidine groups is 1. The lowest BCUT2D eigenvalue weighted by Crippen LogP contribution is -2.21. The second-order valence-corrected chi connectivity index (χ2v) is 6.12. The van der Waals surface area contributed by atoms with Crippen LogP contribution >= 0.6 is 23.1 Å². The maximum absolute atomic E-state index is 9.55. The van der Waals surface area contributed by atoms with Gasteiger partial charge < -0.3 is 27.4 Å². The Labute approximate surface area is 156 Å². The molecular weight excluding hydrogens is 382 g/mol. The van der Waals surface area contributed by atoms with Crippen LogP contribution in [0.25, 0.3) is 0 Å². The minimum Gasteiger partial charge on any atom is -0.478 e. The Kier molecular flexibility index (Phi) is 11.6. The number of hydrogen-bond acceptors (Lipinski definition) is 8. The van der Waals surface area contributed by atoms with Gasteiger partial charge in [-0.25, -0.2) is 14.6 Å². The van der Waals surface area contributed by atoms with Crippen molar-refractivity contribution in [2.45, 2.75) is 12.2 Å². The number of thiazole rings is 1. The molecule has 1 aromatic rings. The molecule has 0 aliphatic heterocycles. The fraction of sp³-hybridized carbons (Fsp3) is 0.231. The average molecular weight is 399 g/mol. The molecule has 8 N–H and O–H groups in total. The third kappa shape index (κ3) is 13.3. The molecule has 0 aliphatic rings. The summed E-state index contributed by atoms with van der Waals surface area (Å²) in [5.74, 6) is -0.629. The molecule has 1 rings (SSSR count). The molecule has 0 bridgehead atoms. The van der Waals surface area contributed by atoms with E-state index in [-0.39, 0.29) is 5.96 Å². The van der Waals surface area contributed by atoms with E-state index in [4.69, 9.17) is 32.7 Å². The second kappa shape index (κ2) is 13.2. The summed E-state index contributed by atoms with van der Waals surface area (Å²) in [7, 11) is 0. The molecule has 140 valence electrons. The van der Waals surface area contributed by atoms with Gasteiger partial charge in [0.05, 0.1) is 5.69 Å². The molecule has 0 atom stereocenters. The summed E-state index contributed by atoms with van der Waals surface area (Å²) in [5.41, 5.74) is 16.9. The van der Waals surface area contributed by atoms with Crippen LogP contribution in [0.2, 0.25) is 0 Å². The average Bonchev–Trinajstić information content (AvgIpc) is 2.97. The molecule has 1 aromatic heterocycles. The molecule has 0 fully saturated rings. The minimum absolute atomic E-state index is 0.00374. The second-order valence-electron chi connectivity index (χ2n) is 4.17. The number of aromatic nitrogens is 1. The Morgan fingerprint density at radius 1 is 1.31 bits per heavy atom. The number of rotatable bonds is 8. The van der Waals surface area contributed by atoms with Crippen LogP contribution in [0.5, 0.6) is 0 Å². The van der Waals surface area contributed by atoms with Gasteiger partial charge in [0, 0.05) is 35.5 Å². The van der Waals surface area contributed by atoms with Gasteiger partial charge in [-0.1, -0.05) is 0 Å². The summed E-state index contributed by atoms with van der Waals surface area (Å²) in [6.07, 6.45) is 3.35. The number of nitrogens with two attached hydrogens (primary N) is 3. The number of aliphatic carboxylic acids is 2.